The van der Waals surface area contributed by atoms with Gasteiger partial charge in [0.15, 0.2) is 5.78 Å². The van der Waals surface area contributed by atoms with Gasteiger partial charge in [0.2, 0.25) is 0 Å². The van der Waals surface area contributed by atoms with Gasteiger partial charge in [-0.25, -0.2) is 0 Å². The lowest BCUT2D eigenvalue weighted by molar-refractivity contribution is -0.0446. The molecule has 0 saturated heterocycles. The van der Waals surface area contributed by atoms with Crippen LogP contribution in [0.1, 0.15) is 35.7 Å². The average molecular weight is 294 g/mol. The maximum absolute atomic E-state index is 13.2. The molecule has 1 N–H and O–H groups in total. The van der Waals surface area contributed by atoms with Gasteiger partial charge in [0, 0.05) is 12.8 Å². The average Bonchev–Trinajstić information content (AvgIpc) is 2.74. The molecule has 2 aromatic rings. The number of Topliss-reactive ketones (excluding diaryl/α,β-unsaturated/α-hetero) is 1. The number of hydrogen-bond donors (Lipinski definition) is 1. The van der Waals surface area contributed by atoms with Crippen molar-refractivity contribution in [1.82, 2.24) is 0 Å². The van der Waals surface area contributed by atoms with Crippen LogP contribution in [0.25, 0.3) is 0 Å². The summed E-state index contributed by atoms with van der Waals surface area (Å²) in [6.45, 7) is 1.87. The highest BCUT2D eigenvalue weighted by atomic mass is 16.5. The Morgan fingerprint density at radius 2 is 1.73 bits per heavy atom. The molecule has 3 atom stereocenters. The first-order valence-corrected chi connectivity index (χ1v) is 7.63. The number of para-hydroxylation sites is 1. The Morgan fingerprint density at radius 3 is 2.50 bits per heavy atom. The number of rotatable bonds is 1. The normalized spacial score (nSPS) is 33.0. The number of benzene rings is 2. The zero-order chi connectivity index (χ0) is 15.4. The van der Waals surface area contributed by atoms with Gasteiger partial charge in [-0.1, -0.05) is 42.5 Å². The summed E-state index contributed by atoms with van der Waals surface area (Å²) in [6.07, 6.45) is 0.822. The Balaban J connectivity index is 1.90. The second kappa shape index (κ2) is 4.43. The highest BCUT2D eigenvalue weighted by Gasteiger charge is 2.62. The number of hydrogen-bond acceptors (Lipinski definition) is 3. The Hall–Kier alpha value is -2.13. The van der Waals surface area contributed by atoms with Crippen molar-refractivity contribution >= 4 is 5.78 Å². The van der Waals surface area contributed by atoms with Crippen molar-refractivity contribution in [3.05, 3.63) is 65.7 Å². The number of carbonyl (C=O) groups is 1. The van der Waals surface area contributed by atoms with Crippen LogP contribution in [-0.4, -0.2) is 17.0 Å². The number of carbonyl (C=O) groups excluding carboxylic acids is 1. The first kappa shape index (κ1) is 13.5. The third kappa shape index (κ3) is 1.63. The van der Waals surface area contributed by atoms with Crippen molar-refractivity contribution in [1.29, 1.82) is 0 Å². The standard InChI is InChI=1S/C19H18O3/c1-18-11-14(12-19(18,21)13-7-3-2-4-8-13)22-16-10-6-5-9-15(16)17(18)20/h2-10,14,21H,11-12H2,1H3. The molecule has 22 heavy (non-hydrogen) atoms. The molecule has 1 fully saturated rings. The second-order valence-corrected chi connectivity index (χ2v) is 6.53. The molecule has 0 aromatic heterocycles. The van der Waals surface area contributed by atoms with Crippen LogP contribution in [0.4, 0.5) is 0 Å². The van der Waals surface area contributed by atoms with Crippen LogP contribution in [0, 0.1) is 5.41 Å². The highest BCUT2D eigenvalue weighted by Crippen LogP contribution is 2.57. The second-order valence-electron chi connectivity index (χ2n) is 6.53. The third-order valence-corrected chi connectivity index (χ3v) is 5.25. The van der Waals surface area contributed by atoms with Gasteiger partial charge in [0.1, 0.15) is 17.5 Å². The van der Waals surface area contributed by atoms with Crippen LogP contribution in [0.15, 0.2) is 54.6 Å². The molecule has 3 unspecified atom stereocenters. The Bertz CT molecular complexity index is 739. The zero-order valence-electron chi connectivity index (χ0n) is 12.5. The SMILES string of the molecule is CC12CC(CC1(O)c1ccccc1)Oc1ccccc1C2=O. The van der Waals surface area contributed by atoms with E-state index in [9.17, 15) is 9.90 Å². The molecule has 3 heteroatoms. The van der Waals surface area contributed by atoms with E-state index >= 15 is 0 Å². The summed E-state index contributed by atoms with van der Waals surface area (Å²) in [7, 11) is 0. The van der Waals surface area contributed by atoms with Crippen LogP contribution < -0.4 is 4.74 Å². The minimum atomic E-state index is -1.19. The number of fused-ring (bicyclic) bond motifs is 3. The number of ketones is 1. The monoisotopic (exact) mass is 294 g/mol. The van der Waals surface area contributed by atoms with Crippen LogP contribution in [-0.2, 0) is 5.60 Å². The lowest BCUT2D eigenvalue weighted by atomic mass is 9.68. The van der Waals surface area contributed by atoms with E-state index in [2.05, 4.69) is 0 Å². The van der Waals surface area contributed by atoms with Crippen LogP contribution in [0.3, 0.4) is 0 Å². The van der Waals surface area contributed by atoms with Crippen LogP contribution >= 0.6 is 0 Å². The summed E-state index contributed by atoms with van der Waals surface area (Å²) >= 11 is 0. The fourth-order valence-corrected chi connectivity index (χ4v) is 4.00. The van der Waals surface area contributed by atoms with Gasteiger partial charge in [-0.3, -0.25) is 4.79 Å². The van der Waals surface area contributed by atoms with E-state index in [0.29, 0.717) is 24.2 Å². The molecule has 2 aromatic carbocycles. The van der Waals surface area contributed by atoms with E-state index in [1.807, 2.05) is 55.5 Å². The molecule has 1 heterocycles. The predicted octanol–water partition coefficient (Wildman–Crippen LogP) is 3.32. The molecule has 112 valence electrons. The maximum atomic E-state index is 13.2. The number of aliphatic hydroxyl groups is 1. The van der Waals surface area contributed by atoms with Crippen molar-refractivity contribution in [2.24, 2.45) is 5.41 Å². The Labute approximate surface area is 129 Å². The molecule has 2 aliphatic rings. The molecular weight excluding hydrogens is 276 g/mol. The minimum absolute atomic E-state index is 0.0329. The van der Waals surface area contributed by atoms with Crippen LogP contribution in [0.5, 0.6) is 5.75 Å². The fraction of sp³-hybridized carbons (Fsp3) is 0.316. The largest absolute Gasteiger partial charge is 0.490 e. The third-order valence-electron chi connectivity index (χ3n) is 5.25. The highest BCUT2D eigenvalue weighted by molar-refractivity contribution is 6.04. The van der Waals surface area contributed by atoms with Gasteiger partial charge < -0.3 is 9.84 Å². The predicted molar refractivity (Wildman–Crippen MR) is 82.9 cm³/mol. The number of ether oxygens (including phenoxy) is 1. The summed E-state index contributed by atoms with van der Waals surface area (Å²) in [6, 6.07) is 16.8. The molecule has 3 nitrogen and oxygen atoms in total. The van der Waals surface area contributed by atoms with Crippen molar-refractivity contribution in [2.75, 3.05) is 0 Å². The van der Waals surface area contributed by atoms with E-state index in [0.717, 1.165) is 5.56 Å². The van der Waals surface area contributed by atoms with Gasteiger partial charge in [-0.05, 0) is 24.6 Å². The first-order chi connectivity index (χ1) is 10.5. The van der Waals surface area contributed by atoms with Crippen molar-refractivity contribution in [2.45, 2.75) is 31.5 Å². The summed E-state index contributed by atoms with van der Waals surface area (Å²) in [4.78, 5) is 13.2. The molecule has 2 bridgehead atoms. The van der Waals surface area contributed by atoms with Gasteiger partial charge in [-0.2, -0.15) is 0 Å². The lowest BCUT2D eigenvalue weighted by Crippen LogP contribution is -2.45. The van der Waals surface area contributed by atoms with E-state index in [4.69, 9.17) is 4.74 Å². The topological polar surface area (TPSA) is 46.5 Å². The molecule has 0 radical (unpaired) electrons. The molecule has 1 aliphatic carbocycles. The van der Waals surface area contributed by atoms with E-state index in [-0.39, 0.29) is 11.9 Å². The van der Waals surface area contributed by atoms with Gasteiger partial charge in [0.05, 0.1) is 11.0 Å². The summed E-state index contributed by atoms with van der Waals surface area (Å²) in [5.41, 5.74) is -0.701. The van der Waals surface area contributed by atoms with Crippen molar-refractivity contribution in [3.63, 3.8) is 0 Å². The van der Waals surface area contributed by atoms with Crippen molar-refractivity contribution < 1.29 is 14.6 Å². The maximum Gasteiger partial charge on any atom is 0.175 e. The molecule has 0 spiro atoms. The smallest absolute Gasteiger partial charge is 0.175 e. The van der Waals surface area contributed by atoms with Crippen molar-refractivity contribution in [3.8, 4) is 5.75 Å². The minimum Gasteiger partial charge on any atom is -0.490 e. The molecule has 1 aliphatic heterocycles. The van der Waals surface area contributed by atoms with Gasteiger partial charge in [-0.15, -0.1) is 0 Å². The Morgan fingerprint density at radius 1 is 1.05 bits per heavy atom. The molecule has 1 saturated carbocycles. The summed E-state index contributed by atoms with van der Waals surface area (Å²) < 4.78 is 6.02. The van der Waals surface area contributed by atoms with E-state index in [1.165, 1.54) is 0 Å². The Kier molecular flexibility index (Phi) is 2.73. The van der Waals surface area contributed by atoms with Crippen LogP contribution in [0.2, 0.25) is 0 Å². The molecule has 0 amide bonds. The van der Waals surface area contributed by atoms with E-state index in [1.54, 1.807) is 6.07 Å². The van der Waals surface area contributed by atoms with Gasteiger partial charge in [0.25, 0.3) is 0 Å². The summed E-state index contributed by atoms with van der Waals surface area (Å²) in [5.74, 6) is 0.603. The quantitative estimate of drug-likeness (QED) is 0.877. The fourth-order valence-electron chi connectivity index (χ4n) is 4.00. The zero-order valence-corrected chi connectivity index (χ0v) is 12.5. The van der Waals surface area contributed by atoms with Gasteiger partial charge >= 0.3 is 0 Å². The summed E-state index contributed by atoms with van der Waals surface area (Å²) in [5, 5.41) is 11.4. The lowest BCUT2D eigenvalue weighted by Gasteiger charge is -2.38. The molecule has 4 rings (SSSR count). The van der Waals surface area contributed by atoms with E-state index < -0.39 is 11.0 Å². The first-order valence-electron chi connectivity index (χ1n) is 7.63. The molecular formula is C19H18O3.